The van der Waals surface area contributed by atoms with Gasteiger partial charge in [-0.1, -0.05) is 144 Å². The average molecular weight is 1060 g/mol. The molecule has 14 rings (SSSR count). The Balaban J connectivity index is 0.892. The molecule has 82 heavy (non-hydrogen) atoms. The second-order valence-electron chi connectivity index (χ2n) is 21.1. The van der Waals surface area contributed by atoms with Gasteiger partial charge in [-0.25, -0.2) is 19.9 Å². The van der Waals surface area contributed by atoms with Crippen molar-refractivity contribution in [3.63, 3.8) is 0 Å². The highest BCUT2D eigenvalue weighted by molar-refractivity contribution is 5.97. The van der Waals surface area contributed by atoms with Crippen molar-refractivity contribution in [2.75, 3.05) is 9.80 Å². The van der Waals surface area contributed by atoms with Crippen LogP contribution in [0.3, 0.4) is 0 Å². The fourth-order valence-corrected chi connectivity index (χ4v) is 11.3. The Kier molecular flexibility index (Phi) is 12.6. The van der Waals surface area contributed by atoms with Crippen molar-refractivity contribution in [2.45, 2.75) is 27.7 Å². The van der Waals surface area contributed by atoms with Crippen molar-refractivity contribution in [1.82, 2.24) is 19.9 Å². The van der Waals surface area contributed by atoms with Gasteiger partial charge in [-0.05, 0) is 183 Å². The second-order valence-corrected chi connectivity index (χ2v) is 21.1. The number of hydrogen-bond donors (Lipinski definition) is 0. The van der Waals surface area contributed by atoms with E-state index in [1.54, 1.807) is 0 Å². The van der Waals surface area contributed by atoms with Crippen LogP contribution in [0.15, 0.2) is 264 Å². The number of aromatic nitrogens is 4. The van der Waals surface area contributed by atoms with E-state index in [2.05, 4.69) is 232 Å². The summed E-state index contributed by atoms with van der Waals surface area (Å²) in [6.07, 6.45) is 0. The van der Waals surface area contributed by atoms with Crippen molar-refractivity contribution in [3.05, 3.63) is 277 Å². The predicted molar refractivity (Wildman–Crippen MR) is 336 cm³/mol. The molecule has 0 bridgehead atoms. The molecule has 8 heteroatoms. The molecule has 0 N–H and O–H groups in total. The predicted octanol–water partition coefficient (Wildman–Crippen LogP) is 20.1. The summed E-state index contributed by atoms with van der Waals surface area (Å²) in [5.41, 5.74) is 25.4. The number of anilines is 6. The van der Waals surface area contributed by atoms with Gasteiger partial charge in [0.05, 0.1) is 22.4 Å². The standard InChI is InChI=1S/C74H54N6O2/c1-47-39-48(2)42-55(41-47)63-45-67-68(46-64(63)56-43-49(3)40-50(4)44-56)76-72(52-25-33-60(34-26-52)80(58-17-9-6-10-18-58)62-37-29-54(30-38-62)74-78-66-20-12-14-22-70(66)82-74)71(75-67)51-23-31-59(32-24-51)79(57-15-7-5-8-16-57)61-35-27-53(28-36-61)73-77-65-19-11-13-21-69(65)81-73/h5-46H,1-4H3. The fourth-order valence-electron chi connectivity index (χ4n) is 11.3. The van der Waals surface area contributed by atoms with Crippen molar-refractivity contribution < 1.29 is 8.83 Å². The van der Waals surface area contributed by atoms with Crippen molar-refractivity contribution >= 4 is 67.4 Å². The SMILES string of the molecule is Cc1cc(C)cc(-c2cc3nc(-c4ccc(N(c5ccccc5)c5ccc(-c6nc7ccccc7o6)cc5)cc4)c(-c4ccc(N(c5ccccc5)c5ccc(-c6nc7ccccc7o6)cc5)cc4)nc3cc2-c2cc(C)cc(C)c2)c1. The zero-order valence-electron chi connectivity index (χ0n) is 45.7. The van der Waals surface area contributed by atoms with Crippen LogP contribution in [-0.4, -0.2) is 19.9 Å². The van der Waals surface area contributed by atoms with Gasteiger partial charge >= 0.3 is 0 Å². The van der Waals surface area contributed by atoms with Gasteiger partial charge in [-0.3, -0.25) is 0 Å². The van der Waals surface area contributed by atoms with Crippen LogP contribution in [0.5, 0.6) is 0 Å². The Labute approximate surface area is 475 Å². The number of fused-ring (bicyclic) bond motifs is 3. The number of nitrogens with zero attached hydrogens (tertiary/aromatic N) is 6. The van der Waals surface area contributed by atoms with E-state index in [1.807, 2.05) is 60.7 Å². The van der Waals surface area contributed by atoms with E-state index in [0.717, 1.165) is 123 Å². The summed E-state index contributed by atoms with van der Waals surface area (Å²) in [5.74, 6) is 1.18. The van der Waals surface area contributed by atoms with Crippen LogP contribution in [0.2, 0.25) is 0 Å². The number of oxazole rings is 2. The molecule has 0 radical (unpaired) electrons. The molecule has 0 spiro atoms. The van der Waals surface area contributed by atoms with Gasteiger partial charge in [0.1, 0.15) is 11.0 Å². The molecule has 3 heterocycles. The van der Waals surface area contributed by atoms with E-state index in [1.165, 1.54) is 22.3 Å². The minimum absolute atomic E-state index is 0.588. The first-order chi connectivity index (χ1) is 40.2. The number of hydrogen-bond acceptors (Lipinski definition) is 8. The van der Waals surface area contributed by atoms with Gasteiger partial charge in [-0.2, -0.15) is 0 Å². The normalized spacial score (nSPS) is 11.4. The summed E-state index contributed by atoms with van der Waals surface area (Å²) in [7, 11) is 0. The molecule has 11 aromatic carbocycles. The average Bonchev–Trinajstić information content (AvgIpc) is 3.90. The van der Waals surface area contributed by atoms with Crippen molar-refractivity contribution in [1.29, 1.82) is 0 Å². The molecule has 3 aromatic heterocycles. The largest absolute Gasteiger partial charge is 0.436 e. The fraction of sp³-hybridized carbons (Fsp3) is 0.0541. The summed E-state index contributed by atoms with van der Waals surface area (Å²) in [4.78, 5) is 25.4. The minimum Gasteiger partial charge on any atom is -0.436 e. The van der Waals surface area contributed by atoms with E-state index in [9.17, 15) is 0 Å². The zero-order chi connectivity index (χ0) is 55.3. The third kappa shape index (κ3) is 9.62. The van der Waals surface area contributed by atoms with Crippen LogP contribution in [0, 0.1) is 27.7 Å². The third-order valence-corrected chi connectivity index (χ3v) is 15.0. The third-order valence-electron chi connectivity index (χ3n) is 15.0. The lowest BCUT2D eigenvalue weighted by molar-refractivity contribution is 0.619. The topological polar surface area (TPSA) is 84.3 Å². The van der Waals surface area contributed by atoms with Gasteiger partial charge in [0.2, 0.25) is 11.8 Å². The molecule has 0 unspecified atom stereocenters. The van der Waals surface area contributed by atoms with Gasteiger partial charge in [0.15, 0.2) is 11.2 Å². The Bertz CT molecular complexity index is 4240. The van der Waals surface area contributed by atoms with Crippen molar-refractivity contribution in [3.8, 4) is 67.7 Å². The molecule has 0 atom stereocenters. The monoisotopic (exact) mass is 1060 g/mol. The van der Waals surface area contributed by atoms with Crippen LogP contribution < -0.4 is 9.80 Å². The molecule has 0 aliphatic carbocycles. The van der Waals surface area contributed by atoms with Crippen LogP contribution in [0.25, 0.3) is 101 Å². The van der Waals surface area contributed by atoms with Gasteiger partial charge < -0.3 is 18.6 Å². The molecule has 14 aromatic rings. The molecule has 8 nitrogen and oxygen atoms in total. The van der Waals surface area contributed by atoms with E-state index in [0.29, 0.717) is 11.8 Å². The number of rotatable bonds is 12. The quantitative estimate of drug-likeness (QED) is 0.120. The maximum atomic E-state index is 6.15. The maximum absolute atomic E-state index is 6.15. The minimum atomic E-state index is 0.588. The Morgan fingerprint density at radius 3 is 0.902 bits per heavy atom. The van der Waals surface area contributed by atoms with Crippen LogP contribution in [0.1, 0.15) is 22.3 Å². The molecule has 0 aliphatic heterocycles. The maximum Gasteiger partial charge on any atom is 0.227 e. The molecular weight excluding hydrogens is 1000 g/mol. The molecular formula is C74H54N6O2. The highest BCUT2D eigenvalue weighted by atomic mass is 16.4. The molecule has 0 amide bonds. The lowest BCUT2D eigenvalue weighted by Gasteiger charge is -2.26. The van der Waals surface area contributed by atoms with Crippen molar-refractivity contribution in [2.24, 2.45) is 0 Å². The van der Waals surface area contributed by atoms with E-state index in [4.69, 9.17) is 28.8 Å². The lowest BCUT2D eigenvalue weighted by Crippen LogP contribution is -2.10. The zero-order valence-corrected chi connectivity index (χ0v) is 45.7. The van der Waals surface area contributed by atoms with Gasteiger partial charge in [-0.15, -0.1) is 0 Å². The lowest BCUT2D eigenvalue weighted by atomic mass is 9.90. The number of aryl methyl sites for hydroxylation is 4. The van der Waals surface area contributed by atoms with Crippen LogP contribution in [0.4, 0.5) is 34.1 Å². The molecule has 0 aliphatic rings. The summed E-state index contributed by atoms with van der Waals surface area (Å²) < 4.78 is 12.3. The van der Waals surface area contributed by atoms with Gasteiger partial charge in [0, 0.05) is 56.4 Å². The van der Waals surface area contributed by atoms with Crippen LogP contribution >= 0.6 is 0 Å². The summed E-state index contributed by atoms with van der Waals surface area (Å²) in [5, 5.41) is 0. The summed E-state index contributed by atoms with van der Waals surface area (Å²) in [6, 6.07) is 88.8. The highest BCUT2D eigenvalue weighted by Crippen LogP contribution is 2.43. The smallest absolute Gasteiger partial charge is 0.227 e. The molecule has 392 valence electrons. The first kappa shape index (κ1) is 49.6. The summed E-state index contributed by atoms with van der Waals surface area (Å²) in [6.45, 7) is 8.66. The van der Waals surface area contributed by atoms with E-state index >= 15 is 0 Å². The second kappa shape index (κ2) is 20.8. The van der Waals surface area contributed by atoms with Gasteiger partial charge in [0.25, 0.3) is 0 Å². The number of para-hydroxylation sites is 6. The van der Waals surface area contributed by atoms with Crippen LogP contribution in [-0.2, 0) is 0 Å². The Hall–Kier alpha value is -10.7. The molecule has 0 saturated heterocycles. The first-order valence-electron chi connectivity index (χ1n) is 27.6. The first-order valence-corrected chi connectivity index (χ1v) is 27.6. The summed E-state index contributed by atoms with van der Waals surface area (Å²) >= 11 is 0. The molecule has 0 saturated carbocycles. The highest BCUT2D eigenvalue weighted by Gasteiger charge is 2.22. The van der Waals surface area contributed by atoms with E-state index in [-0.39, 0.29) is 0 Å². The Morgan fingerprint density at radius 1 is 0.256 bits per heavy atom. The Morgan fingerprint density at radius 2 is 0.561 bits per heavy atom. The number of benzene rings is 11. The molecule has 0 fully saturated rings. The van der Waals surface area contributed by atoms with E-state index < -0.39 is 0 Å².